The van der Waals surface area contributed by atoms with E-state index in [4.69, 9.17) is 4.74 Å². The van der Waals surface area contributed by atoms with Gasteiger partial charge in [-0.15, -0.1) is 0 Å². The van der Waals surface area contributed by atoms with Crippen molar-refractivity contribution in [3.05, 3.63) is 41.7 Å². The van der Waals surface area contributed by atoms with Crippen molar-refractivity contribution < 1.29 is 32.2 Å². The van der Waals surface area contributed by atoms with Crippen LogP contribution in [0.2, 0.25) is 0 Å². The summed E-state index contributed by atoms with van der Waals surface area (Å²) in [5.41, 5.74) is -1.16. The van der Waals surface area contributed by atoms with Crippen LogP contribution >= 0.6 is 0 Å². The van der Waals surface area contributed by atoms with Crippen LogP contribution < -0.4 is 14.8 Å². The molecule has 2 unspecified atom stereocenters. The Morgan fingerprint density at radius 2 is 2.03 bits per heavy atom. The van der Waals surface area contributed by atoms with Crippen molar-refractivity contribution in [3.63, 3.8) is 0 Å². The quantitative estimate of drug-likeness (QED) is 0.310. The van der Waals surface area contributed by atoms with Crippen LogP contribution in [0.3, 0.4) is 0 Å². The Kier molecular flexibility index (Phi) is 8.25. The summed E-state index contributed by atoms with van der Waals surface area (Å²) >= 11 is 0. The molecule has 0 spiro atoms. The molecule has 1 aromatic carbocycles. The number of carbonyl (C=O) groups excluding carboxylic acids is 2. The summed E-state index contributed by atoms with van der Waals surface area (Å²) in [5.74, 6) is -1.35. The zero-order valence-corrected chi connectivity index (χ0v) is 19.5. The average molecular weight is 483 g/mol. The van der Waals surface area contributed by atoms with Crippen LogP contribution in [-0.4, -0.2) is 44.2 Å². The molecule has 33 heavy (non-hydrogen) atoms. The first kappa shape index (κ1) is 25.3. The third kappa shape index (κ3) is 7.35. The number of nitrogens with one attached hydrogen (secondary N) is 2. The van der Waals surface area contributed by atoms with Gasteiger partial charge in [0.25, 0.3) is 0 Å². The number of imide groups is 1. The number of halogens is 1. The molecule has 8 nitrogen and oxygen atoms in total. The number of hydrogen-bond donors (Lipinski definition) is 3. The maximum absolute atomic E-state index is 14.1. The lowest BCUT2D eigenvalue weighted by molar-refractivity contribution is -0.136. The molecule has 2 fully saturated rings. The molecule has 0 radical (unpaired) electrons. The third-order valence-corrected chi connectivity index (χ3v) is 7.28. The van der Waals surface area contributed by atoms with E-state index < -0.39 is 21.4 Å². The Morgan fingerprint density at radius 3 is 2.70 bits per heavy atom. The second-order valence-electron chi connectivity index (χ2n) is 8.74. The fraction of sp³-hybridized carbons (Fsp3) is 0.565. The molecule has 2 amide bonds. The second-order valence-corrected chi connectivity index (χ2v) is 10.6. The number of amides is 2. The smallest absolute Gasteiger partial charge is 0.229 e. The zero-order valence-electron chi connectivity index (χ0n) is 18.7. The Hall–Kier alpha value is -2.30. The molecule has 2 aliphatic rings. The molecule has 0 bridgehead atoms. The molecule has 1 aliphatic carbocycles. The summed E-state index contributed by atoms with van der Waals surface area (Å²) in [6.45, 7) is 1.85. The zero-order chi connectivity index (χ0) is 24.1. The lowest BCUT2D eigenvalue weighted by Crippen LogP contribution is -2.41. The highest BCUT2D eigenvalue weighted by Crippen LogP contribution is 2.32. The highest BCUT2D eigenvalue weighted by Gasteiger charge is 2.31. The highest BCUT2D eigenvalue weighted by molar-refractivity contribution is 7.89. The molecule has 1 aromatic rings. The van der Waals surface area contributed by atoms with Crippen molar-refractivity contribution in [3.8, 4) is 5.75 Å². The molecular weight excluding hydrogens is 451 g/mol. The minimum atomic E-state index is -3.75. The minimum absolute atomic E-state index is 0.0468. The molecule has 10 heteroatoms. The molecule has 1 saturated carbocycles. The van der Waals surface area contributed by atoms with Crippen LogP contribution in [0.5, 0.6) is 5.75 Å². The number of carbonyl (C=O) groups is 2. The Bertz CT molecular complexity index is 1010. The van der Waals surface area contributed by atoms with Crippen molar-refractivity contribution in [1.82, 2.24) is 10.0 Å². The van der Waals surface area contributed by atoms with E-state index in [1.165, 1.54) is 24.3 Å². The summed E-state index contributed by atoms with van der Waals surface area (Å²) in [4.78, 5) is 22.9. The van der Waals surface area contributed by atoms with Crippen molar-refractivity contribution >= 4 is 21.8 Å². The second kappa shape index (κ2) is 10.8. The fourth-order valence-electron chi connectivity index (χ4n) is 3.53. The first-order valence-corrected chi connectivity index (χ1v) is 12.9. The fourth-order valence-corrected chi connectivity index (χ4v) is 4.50. The van der Waals surface area contributed by atoms with Gasteiger partial charge in [0.2, 0.25) is 21.8 Å². The van der Waals surface area contributed by atoms with Crippen molar-refractivity contribution in [2.75, 3.05) is 18.9 Å². The van der Waals surface area contributed by atoms with Gasteiger partial charge in [-0.05, 0) is 55.7 Å². The van der Waals surface area contributed by atoms with Gasteiger partial charge in [0, 0.05) is 18.9 Å². The minimum Gasteiger partial charge on any atom is -0.490 e. The Morgan fingerprint density at radius 1 is 1.27 bits per heavy atom. The number of benzene rings is 1. The van der Waals surface area contributed by atoms with Crippen molar-refractivity contribution in [1.29, 1.82) is 0 Å². The number of hydrogen-bond acceptors (Lipinski definition) is 6. The number of allylic oxidation sites excluding steroid dienone is 1. The van der Waals surface area contributed by atoms with Crippen LogP contribution in [0.25, 0.3) is 0 Å². The van der Waals surface area contributed by atoms with Gasteiger partial charge in [-0.3, -0.25) is 14.9 Å². The predicted octanol–water partition coefficient (Wildman–Crippen LogP) is 2.13. The van der Waals surface area contributed by atoms with E-state index in [1.54, 1.807) is 13.0 Å². The van der Waals surface area contributed by atoms with Gasteiger partial charge in [0.1, 0.15) is 5.60 Å². The Balaban J connectivity index is 1.55. The summed E-state index contributed by atoms with van der Waals surface area (Å²) < 4.78 is 46.8. The van der Waals surface area contributed by atoms with E-state index in [0.29, 0.717) is 30.9 Å². The van der Waals surface area contributed by atoms with E-state index in [0.717, 1.165) is 12.8 Å². The summed E-state index contributed by atoms with van der Waals surface area (Å²) in [5, 5.41) is 13.3. The normalized spacial score (nSPS) is 21.1. The summed E-state index contributed by atoms with van der Waals surface area (Å²) in [6, 6.07) is 4.07. The highest BCUT2D eigenvalue weighted by atomic mass is 32.2. The Labute approximate surface area is 193 Å². The van der Waals surface area contributed by atoms with Crippen molar-refractivity contribution in [2.45, 2.75) is 51.0 Å². The molecule has 3 N–H and O–H groups in total. The van der Waals surface area contributed by atoms with Crippen LogP contribution in [0.1, 0.15) is 51.0 Å². The number of piperidine rings is 1. The van der Waals surface area contributed by atoms with Gasteiger partial charge in [-0.2, -0.15) is 0 Å². The number of ether oxygens (including phenoxy) is 1. The van der Waals surface area contributed by atoms with Gasteiger partial charge in [0.15, 0.2) is 11.6 Å². The topological polar surface area (TPSA) is 122 Å². The standard InChI is InChI=1S/C23H31FN2O6S/c1-2-23(29,18-9-10-19(24)20(13-18)32-14-16-6-7-16)15-25-33(30,31)12-4-3-5-17-8-11-21(27)26-22(17)28/h3-4,9-10,13,16-17,25,29H,2,5-8,11-12,14-15H2,1H3,(H,26,27,28)/b4-3+. The molecule has 1 saturated heterocycles. The lowest BCUT2D eigenvalue weighted by Gasteiger charge is -2.28. The largest absolute Gasteiger partial charge is 0.490 e. The number of sulfonamides is 1. The van der Waals surface area contributed by atoms with Gasteiger partial charge in [0.05, 0.1) is 12.4 Å². The molecule has 1 aliphatic heterocycles. The van der Waals surface area contributed by atoms with Gasteiger partial charge in [-0.25, -0.2) is 17.5 Å². The summed E-state index contributed by atoms with van der Waals surface area (Å²) in [6.07, 6.45) is 6.42. The van der Waals surface area contributed by atoms with E-state index in [1.807, 2.05) is 0 Å². The van der Waals surface area contributed by atoms with Crippen LogP contribution in [0, 0.1) is 17.7 Å². The SMILES string of the molecule is CCC(O)(CNS(=O)(=O)C/C=C/CC1CCC(=O)NC1=O)c1ccc(F)c(OCC2CC2)c1. The molecule has 0 aromatic heterocycles. The molecule has 3 rings (SSSR count). The third-order valence-electron chi connectivity index (χ3n) is 6.07. The lowest BCUT2D eigenvalue weighted by atomic mass is 9.91. The van der Waals surface area contributed by atoms with E-state index in [9.17, 15) is 27.5 Å². The average Bonchev–Trinajstić information content (AvgIpc) is 3.60. The maximum atomic E-state index is 14.1. The van der Waals surface area contributed by atoms with Crippen molar-refractivity contribution in [2.24, 2.45) is 11.8 Å². The molecule has 182 valence electrons. The number of aliphatic hydroxyl groups is 1. The van der Waals surface area contributed by atoms with Crippen LogP contribution in [0.15, 0.2) is 30.4 Å². The monoisotopic (exact) mass is 482 g/mol. The van der Waals surface area contributed by atoms with E-state index >= 15 is 0 Å². The first-order valence-electron chi connectivity index (χ1n) is 11.2. The molecular formula is C23H31FN2O6S. The molecule has 1 heterocycles. The summed E-state index contributed by atoms with van der Waals surface area (Å²) in [7, 11) is -3.75. The van der Waals surface area contributed by atoms with E-state index in [-0.39, 0.29) is 48.6 Å². The maximum Gasteiger partial charge on any atom is 0.229 e. The predicted molar refractivity (Wildman–Crippen MR) is 120 cm³/mol. The van der Waals surface area contributed by atoms with Crippen LogP contribution in [0.4, 0.5) is 4.39 Å². The number of rotatable bonds is 12. The van der Waals surface area contributed by atoms with Gasteiger partial charge < -0.3 is 9.84 Å². The van der Waals surface area contributed by atoms with E-state index in [2.05, 4.69) is 10.0 Å². The van der Waals surface area contributed by atoms with Gasteiger partial charge >= 0.3 is 0 Å². The van der Waals surface area contributed by atoms with Gasteiger partial charge in [-0.1, -0.05) is 25.1 Å². The van der Waals surface area contributed by atoms with Crippen LogP contribution in [-0.2, 0) is 25.2 Å². The molecule has 2 atom stereocenters. The first-order chi connectivity index (χ1) is 15.6.